The van der Waals surface area contributed by atoms with Crippen molar-refractivity contribution in [1.82, 2.24) is 14.5 Å². The van der Waals surface area contributed by atoms with Crippen LogP contribution in [0.4, 0.5) is 10.5 Å². The minimum absolute atomic E-state index is 0.171. The van der Waals surface area contributed by atoms with Gasteiger partial charge in [0.2, 0.25) is 0 Å². The fraction of sp³-hybridized carbons (Fsp3) is 0.194. The highest BCUT2D eigenvalue weighted by Gasteiger charge is 2.27. The third-order valence-electron chi connectivity index (χ3n) is 6.55. The van der Waals surface area contributed by atoms with Crippen molar-refractivity contribution in [2.45, 2.75) is 26.8 Å². The molecule has 0 aliphatic carbocycles. The molecule has 0 saturated carbocycles. The van der Waals surface area contributed by atoms with Gasteiger partial charge in [0.15, 0.2) is 0 Å². The minimum Gasteiger partial charge on any atom is -0.314 e. The number of hydrogen-bond acceptors (Lipinski definition) is 3. The molecule has 7 heteroatoms. The molecule has 0 bridgehead atoms. The van der Waals surface area contributed by atoms with Crippen LogP contribution in [0.15, 0.2) is 95.8 Å². The second kappa shape index (κ2) is 10.7. The second-order valence-corrected chi connectivity index (χ2v) is 10.3. The van der Waals surface area contributed by atoms with Crippen LogP contribution in [0, 0.1) is 5.92 Å². The van der Waals surface area contributed by atoms with E-state index in [0.29, 0.717) is 39.7 Å². The number of rotatable bonds is 6. The van der Waals surface area contributed by atoms with Gasteiger partial charge in [-0.3, -0.25) is 9.36 Å². The average molecular weight is 525 g/mol. The van der Waals surface area contributed by atoms with Crippen molar-refractivity contribution in [2.24, 2.45) is 5.92 Å². The molecule has 1 aromatic heterocycles. The monoisotopic (exact) mass is 524 g/mol. The molecule has 6 nitrogen and oxygen atoms in total. The lowest BCUT2D eigenvalue weighted by Crippen LogP contribution is -2.41. The maximum Gasteiger partial charge on any atom is 0.322 e. The molecule has 0 aliphatic rings. The highest BCUT2D eigenvalue weighted by atomic mass is 35.5. The number of carbonyl (C=O) groups excluding carboxylic acids is 1. The van der Waals surface area contributed by atoms with Crippen molar-refractivity contribution >= 4 is 45.0 Å². The largest absolute Gasteiger partial charge is 0.322 e. The Morgan fingerprint density at radius 3 is 2.34 bits per heavy atom. The minimum atomic E-state index is -0.506. The molecule has 1 unspecified atom stereocenters. The summed E-state index contributed by atoms with van der Waals surface area (Å²) in [4.78, 5) is 34.2. The summed E-state index contributed by atoms with van der Waals surface area (Å²) in [5.74, 6) is 0.686. The van der Waals surface area contributed by atoms with E-state index < -0.39 is 6.04 Å². The van der Waals surface area contributed by atoms with Gasteiger partial charge in [0, 0.05) is 17.3 Å². The molecule has 0 spiro atoms. The van der Waals surface area contributed by atoms with Gasteiger partial charge in [0.1, 0.15) is 5.82 Å². The molecule has 38 heavy (non-hydrogen) atoms. The molecule has 192 valence electrons. The Balaban J connectivity index is 1.65. The topological polar surface area (TPSA) is 67.2 Å². The van der Waals surface area contributed by atoms with Gasteiger partial charge in [-0.05, 0) is 72.1 Å². The predicted molar refractivity (Wildman–Crippen MR) is 155 cm³/mol. The first-order valence-electron chi connectivity index (χ1n) is 12.7. The normalized spacial score (nSPS) is 12.1. The molecule has 0 radical (unpaired) electrons. The number of nitrogens with one attached hydrogen (secondary N) is 1. The Kier molecular flexibility index (Phi) is 7.16. The fourth-order valence-corrected chi connectivity index (χ4v) is 4.80. The smallest absolute Gasteiger partial charge is 0.314 e. The molecule has 0 saturated heterocycles. The van der Waals surface area contributed by atoms with Crippen molar-refractivity contribution < 1.29 is 4.79 Å². The summed E-state index contributed by atoms with van der Waals surface area (Å²) in [5.41, 5.74) is 1.77. The van der Waals surface area contributed by atoms with Crippen LogP contribution in [0.2, 0.25) is 5.02 Å². The lowest BCUT2D eigenvalue weighted by molar-refractivity contribution is 0.179. The zero-order valence-corrected chi connectivity index (χ0v) is 22.3. The Morgan fingerprint density at radius 1 is 0.921 bits per heavy atom. The number of carbonyl (C=O) groups is 1. The number of fused-ring (bicyclic) bond motifs is 2. The van der Waals surface area contributed by atoms with E-state index in [-0.39, 0.29) is 17.5 Å². The molecule has 0 aliphatic heterocycles. The van der Waals surface area contributed by atoms with E-state index in [9.17, 15) is 9.59 Å². The Labute approximate surface area is 226 Å². The molecule has 2 amide bonds. The van der Waals surface area contributed by atoms with Crippen molar-refractivity contribution in [3.05, 3.63) is 112 Å². The molecule has 5 rings (SSSR count). The summed E-state index contributed by atoms with van der Waals surface area (Å²) < 4.78 is 1.64. The lowest BCUT2D eigenvalue weighted by atomic mass is 10.1. The van der Waals surface area contributed by atoms with Gasteiger partial charge in [-0.2, -0.15) is 0 Å². The quantitative estimate of drug-likeness (QED) is 0.251. The molecule has 1 atom stereocenters. The maximum absolute atomic E-state index is 13.9. The van der Waals surface area contributed by atoms with Crippen LogP contribution >= 0.6 is 11.6 Å². The highest BCUT2D eigenvalue weighted by molar-refractivity contribution is 6.30. The molecule has 4 aromatic carbocycles. The Morgan fingerprint density at radius 2 is 1.61 bits per heavy atom. The van der Waals surface area contributed by atoms with Crippen molar-refractivity contribution in [1.29, 1.82) is 0 Å². The SMILES string of the molecule is CC(C)CN(C(=O)Nc1ccc(Cl)cc1)C(C)c1nc2ccccc2c(=O)n1-c1ccc2ccccc2c1. The van der Waals surface area contributed by atoms with Crippen LogP contribution in [0.5, 0.6) is 0 Å². The lowest BCUT2D eigenvalue weighted by Gasteiger charge is -2.32. The molecule has 1 heterocycles. The van der Waals surface area contributed by atoms with Crippen LogP contribution in [0.1, 0.15) is 32.6 Å². The second-order valence-electron chi connectivity index (χ2n) is 9.82. The first-order chi connectivity index (χ1) is 18.3. The van der Waals surface area contributed by atoms with Crippen LogP contribution in [-0.4, -0.2) is 27.0 Å². The van der Waals surface area contributed by atoms with E-state index >= 15 is 0 Å². The van der Waals surface area contributed by atoms with Gasteiger partial charge in [-0.25, -0.2) is 9.78 Å². The van der Waals surface area contributed by atoms with E-state index in [4.69, 9.17) is 16.6 Å². The highest BCUT2D eigenvalue weighted by Crippen LogP contribution is 2.26. The van der Waals surface area contributed by atoms with Gasteiger partial charge in [-0.15, -0.1) is 0 Å². The third-order valence-corrected chi connectivity index (χ3v) is 6.80. The number of hydrogen-bond donors (Lipinski definition) is 1. The molecular weight excluding hydrogens is 496 g/mol. The van der Waals surface area contributed by atoms with Crippen molar-refractivity contribution in [3.8, 4) is 5.69 Å². The first-order valence-corrected chi connectivity index (χ1v) is 13.0. The standard InChI is InChI=1S/C31H29ClN4O2/c1-20(2)19-35(31(38)33-25-15-13-24(32)14-16-25)21(3)29-34-28-11-7-6-10-27(28)30(37)36(29)26-17-12-22-8-4-5-9-23(22)18-26/h4-18,20-21H,19H2,1-3H3,(H,33,38). The zero-order chi connectivity index (χ0) is 26.8. The van der Waals surface area contributed by atoms with Gasteiger partial charge in [-0.1, -0.05) is 67.9 Å². The van der Waals surface area contributed by atoms with Crippen LogP contribution in [0.3, 0.4) is 0 Å². The number of halogens is 1. The Hall–Kier alpha value is -4.16. The number of urea groups is 1. The summed E-state index contributed by atoms with van der Waals surface area (Å²) in [6, 6.07) is 27.5. The first kappa shape index (κ1) is 25.5. The van der Waals surface area contributed by atoms with E-state index in [0.717, 1.165) is 10.8 Å². The number of benzene rings is 4. The average Bonchev–Trinajstić information content (AvgIpc) is 2.92. The van der Waals surface area contributed by atoms with Crippen LogP contribution in [0.25, 0.3) is 27.4 Å². The zero-order valence-electron chi connectivity index (χ0n) is 21.6. The molecule has 1 N–H and O–H groups in total. The van der Waals surface area contributed by atoms with E-state index in [1.807, 2.05) is 67.6 Å². The summed E-state index contributed by atoms with van der Waals surface area (Å²) in [6.45, 7) is 6.50. The van der Waals surface area contributed by atoms with Crippen molar-refractivity contribution in [2.75, 3.05) is 11.9 Å². The number of nitrogens with zero attached hydrogens (tertiary/aromatic N) is 3. The summed E-state index contributed by atoms with van der Waals surface area (Å²) in [5, 5.41) is 6.19. The molecule has 0 fully saturated rings. The van der Waals surface area contributed by atoms with E-state index in [1.165, 1.54) is 0 Å². The number of anilines is 1. The summed E-state index contributed by atoms with van der Waals surface area (Å²) in [6.07, 6.45) is 0. The van der Waals surface area contributed by atoms with E-state index in [2.05, 4.69) is 19.2 Å². The number of aromatic nitrogens is 2. The summed E-state index contributed by atoms with van der Waals surface area (Å²) >= 11 is 6.02. The van der Waals surface area contributed by atoms with Gasteiger partial charge >= 0.3 is 6.03 Å². The number of para-hydroxylation sites is 1. The van der Waals surface area contributed by atoms with Crippen molar-refractivity contribution in [3.63, 3.8) is 0 Å². The number of amides is 2. The molecular formula is C31H29ClN4O2. The maximum atomic E-state index is 13.9. The fourth-order valence-electron chi connectivity index (χ4n) is 4.67. The van der Waals surface area contributed by atoms with Gasteiger partial charge < -0.3 is 10.2 Å². The summed E-state index contributed by atoms with van der Waals surface area (Å²) in [7, 11) is 0. The predicted octanol–water partition coefficient (Wildman–Crippen LogP) is 7.44. The van der Waals surface area contributed by atoms with Gasteiger partial charge in [0.05, 0.1) is 22.6 Å². The Bertz CT molecular complexity index is 1680. The van der Waals surface area contributed by atoms with E-state index in [1.54, 1.807) is 39.8 Å². The van der Waals surface area contributed by atoms with Crippen LogP contribution < -0.4 is 10.9 Å². The third kappa shape index (κ3) is 5.13. The van der Waals surface area contributed by atoms with Crippen LogP contribution in [-0.2, 0) is 0 Å². The molecule has 5 aromatic rings. The van der Waals surface area contributed by atoms with Gasteiger partial charge in [0.25, 0.3) is 5.56 Å².